The average Bonchev–Trinajstić information content (AvgIpc) is 2.44. The minimum Gasteiger partial charge on any atom is -0.460 e. The highest BCUT2D eigenvalue weighted by molar-refractivity contribution is 5.96. The van der Waals surface area contributed by atoms with Crippen molar-refractivity contribution in [2.75, 3.05) is 6.61 Å². The summed E-state index contributed by atoms with van der Waals surface area (Å²) in [6, 6.07) is 8.17. The molecule has 0 unspecified atom stereocenters. The van der Waals surface area contributed by atoms with Crippen LogP contribution in [0, 0.1) is 5.92 Å². The molecule has 0 saturated heterocycles. The first-order valence-corrected chi connectivity index (χ1v) is 6.68. The van der Waals surface area contributed by atoms with Crippen molar-refractivity contribution in [1.82, 2.24) is 5.32 Å². The van der Waals surface area contributed by atoms with Crippen LogP contribution >= 0.6 is 0 Å². The first-order valence-electron chi connectivity index (χ1n) is 6.68. The number of esters is 1. The first kappa shape index (κ1) is 16.0. The fourth-order valence-electron chi connectivity index (χ4n) is 1.76. The van der Waals surface area contributed by atoms with E-state index in [1.54, 1.807) is 24.3 Å². The topological polar surface area (TPSA) is 55.4 Å². The van der Waals surface area contributed by atoms with E-state index in [4.69, 9.17) is 4.74 Å². The van der Waals surface area contributed by atoms with Crippen molar-refractivity contribution in [2.24, 2.45) is 5.92 Å². The lowest BCUT2D eigenvalue weighted by Gasteiger charge is -2.19. The number of carbonyl (C=O) groups is 2. The van der Waals surface area contributed by atoms with Crippen molar-refractivity contribution in [2.45, 2.75) is 26.3 Å². The summed E-state index contributed by atoms with van der Waals surface area (Å²) >= 11 is 0. The van der Waals surface area contributed by atoms with Gasteiger partial charge in [0.25, 0.3) is 5.91 Å². The van der Waals surface area contributed by atoms with Gasteiger partial charge < -0.3 is 10.1 Å². The standard InChI is InChI=1S/C16H21NO3/c1-4-10-20-16(19)14(11-12(2)3)17-15(18)13-8-6-5-7-9-13/h4-9,12,14H,1,10-11H2,2-3H3,(H,17,18)/t14-/m1/s1. The van der Waals surface area contributed by atoms with Gasteiger partial charge in [-0.25, -0.2) is 4.79 Å². The van der Waals surface area contributed by atoms with Crippen LogP contribution in [0.15, 0.2) is 43.0 Å². The fraction of sp³-hybridized carbons (Fsp3) is 0.375. The van der Waals surface area contributed by atoms with Crippen molar-refractivity contribution < 1.29 is 14.3 Å². The van der Waals surface area contributed by atoms with Gasteiger partial charge >= 0.3 is 5.97 Å². The van der Waals surface area contributed by atoms with Crippen molar-refractivity contribution in [3.05, 3.63) is 48.6 Å². The van der Waals surface area contributed by atoms with E-state index in [9.17, 15) is 9.59 Å². The quantitative estimate of drug-likeness (QED) is 0.614. The number of ether oxygens (including phenoxy) is 1. The molecule has 0 aliphatic rings. The Kier molecular flexibility index (Phi) is 6.50. The Hall–Kier alpha value is -2.10. The highest BCUT2D eigenvalue weighted by atomic mass is 16.5. The van der Waals surface area contributed by atoms with Crippen molar-refractivity contribution in [3.63, 3.8) is 0 Å². The molecule has 0 heterocycles. The third-order valence-corrected chi connectivity index (χ3v) is 2.68. The number of hydrogen-bond acceptors (Lipinski definition) is 3. The van der Waals surface area contributed by atoms with Crippen LogP contribution in [-0.2, 0) is 9.53 Å². The third kappa shape index (κ3) is 5.26. The molecule has 20 heavy (non-hydrogen) atoms. The average molecular weight is 275 g/mol. The summed E-state index contributed by atoms with van der Waals surface area (Å²) in [6.07, 6.45) is 2.04. The van der Waals surface area contributed by atoms with E-state index in [1.807, 2.05) is 19.9 Å². The molecule has 1 aromatic rings. The molecule has 0 spiro atoms. The fourth-order valence-corrected chi connectivity index (χ4v) is 1.76. The van der Waals surface area contributed by atoms with E-state index in [-0.39, 0.29) is 18.4 Å². The van der Waals surface area contributed by atoms with Crippen LogP contribution in [-0.4, -0.2) is 24.5 Å². The van der Waals surface area contributed by atoms with Gasteiger partial charge in [-0.15, -0.1) is 0 Å². The molecule has 0 saturated carbocycles. The number of nitrogens with one attached hydrogen (secondary N) is 1. The summed E-state index contributed by atoms with van der Waals surface area (Å²) < 4.78 is 5.02. The second-order valence-corrected chi connectivity index (χ2v) is 4.94. The SMILES string of the molecule is C=CCOC(=O)[C@@H](CC(C)C)NC(=O)c1ccccc1. The third-order valence-electron chi connectivity index (χ3n) is 2.68. The highest BCUT2D eigenvalue weighted by Gasteiger charge is 2.23. The molecule has 4 heteroatoms. The molecule has 108 valence electrons. The highest BCUT2D eigenvalue weighted by Crippen LogP contribution is 2.08. The van der Waals surface area contributed by atoms with E-state index in [2.05, 4.69) is 11.9 Å². The summed E-state index contributed by atoms with van der Waals surface area (Å²) in [5, 5.41) is 2.73. The maximum Gasteiger partial charge on any atom is 0.328 e. The van der Waals surface area contributed by atoms with Crippen LogP contribution in [0.5, 0.6) is 0 Å². The zero-order chi connectivity index (χ0) is 15.0. The zero-order valence-electron chi connectivity index (χ0n) is 12.0. The summed E-state index contributed by atoms with van der Waals surface area (Å²) in [5.41, 5.74) is 0.526. The molecule has 1 N–H and O–H groups in total. The second kappa shape index (κ2) is 8.15. The maximum absolute atomic E-state index is 12.1. The molecule has 1 atom stereocenters. The molecular formula is C16H21NO3. The molecule has 0 aliphatic carbocycles. The molecule has 1 aromatic carbocycles. The summed E-state index contributed by atoms with van der Waals surface area (Å²) in [6.45, 7) is 7.62. The van der Waals surface area contributed by atoms with Gasteiger partial charge in [-0.2, -0.15) is 0 Å². The molecule has 0 radical (unpaired) electrons. The van der Waals surface area contributed by atoms with Crippen LogP contribution in [0.3, 0.4) is 0 Å². The lowest BCUT2D eigenvalue weighted by molar-refractivity contribution is -0.145. The van der Waals surface area contributed by atoms with Gasteiger partial charge in [0, 0.05) is 5.56 Å². The first-order chi connectivity index (χ1) is 9.54. The lowest BCUT2D eigenvalue weighted by Crippen LogP contribution is -2.42. The van der Waals surface area contributed by atoms with Gasteiger partial charge in [0.05, 0.1) is 0 Å². The van der Waals surface area contributed by atoms with Gasteiger partial charge in [-0.1, -0.05) is 44.7 Å². The monoisotopic (exact) mass is 275 g/mol. The Bertz CT molecular complexity index is 454. The second-order valence-electron chi connectivity index (χ2n) is 4.94. The Balaban J connectivity index is 2.71. The Morgan fingerprint density at radius 2 is 1.95 bits per heavy atom. The van der Waals surface area contributed by atoms with Crippen LogP contribution in [0.2, 0.25) is 0 Å². The molecule has 4 nitrogen and oxygen atoms in total. The predicted octanol–water partition coefficient (Wildman–Crippen LogP) is 2.56. The smallest absolute Gasteiger partial charge is 0.328 e. The van der Waals surface area contributed by atoms with E-state index in [0.717, 1.165) is 0 Å². The largest absolute Gasteiger partial charge is 0.460 e. The molecule has 1 amide bonds. The Morgan fingerprint density at radius 1 is 1.30 bits per heavy atom. The van der Waals surface area contributed by atoms with Gasteiger partial charge in [-0.3, -0.25) is 4.79 Å². The van der Waals surface area contributed by atoms with E-state index < -0.39 is 12.0 Å². The summed E-state index contributed by atoms with van der Waals surface area (Å²) in [5.74, 6) is -0.429. The number of hydrogen-bond donors (Lipinski definition) is 1. The number of benzene rings is 1. The molecule has 0 aromatic heterocycles. The zero-order valence-corrected chi connectivity index (χ0v) is 12.0. The van der Waals surface area contributed by atoms with Crippen molar-refractivity contribution in [3.8, 4) is 0 Å². The molecule has 0 bridgehead atoms. The number of carbonyl (C=O) groups excluding carboxylic acids is 2. The normalized spacial score (nSPS) is 11.8. The number of amides is 1. The molecule has 0 aliphatic heterocycles. The summed E-state index contributed by atoms with van der Waals surface area (Å²) in [7, 11) is 0. The van der Waals surface area contributed by atoms with Crippen LogP contribution in [0.1, 0.15) is 30.6 Å². The van der Waals surface area contributed by atoms with Crippen molar-refractivity contribution >= 4 is 11.9 Å². The van der Waals surface area contributed by atoms with Gasteiger partial charge in [0.2, 0.25) is 0 Å². The minimum absolute atomic E-state index is 0.147. The van der Waals surface area contributed by atoms with E-state index in [0.29, 0.717) is 12.0 Å². The molecular weight excluding hydrogens is 254 g/mol. The minimum atomic E-state index is -0.636. The molecule has 0 fully saturated rings. The predicted molar refractivity (Wildman–Crippen MR) is 78.3 cm³/mol. The van der Waals surface area contributed by atoms with Crippen LogP contribution in [0.25, 0.3) is 0 Å². The lowest BCUT2D eigenvalue weighted by atomic mass is 10.0. The van der Waals surface area contributed by atoms with E-state index in [1.165, 1.54) is 6.08 Å². The van der Waals surface area contributed by atoms with Crippen LogP contribution in [0.4, 0.5) is 0 Å². The van der Waals surface area contributed by atoms with E-state index >= 15 is 0 Å². The number of rotatable bonds is 7. The molecule has 1 rings (SSSR count). The van der Waals surface area contributed by atoms with Crippen molar-refractivity contribution in [1.29, 1.82) is 0 Å². The van der Waals surface area contributed by atoms with Gasteiger partial charge in [0.15, 0.2) is 0 Å². The maximum atomic E-state index is 12.1. The van der Waals surface area contributed by atoms with Gasteiger partial charge in [-0.05, 0) is 24.5 Å². The Morgan fingerprint density at radius 3 is 2.50 bits per heavy atom. The van der Waals surface area contributed by atoms with Gasteiger partial charge in [0.1, 0.15) is 12.6 Å². The van der Waals surface area contributed by atoms with Crippen LogP contribution < -0.4 is 5.32 Å². The Labute approximate surface area is 119 Å². The summed E-state index contributed by atoms with van der Waals surface area (Å²) in [4.78, 5) is 24.0.